The highest BCUT2D eigenvalue weighted by Gasteiger charge is 2.18. The number of nitrogen functional groups attached to an aromatic ring is 1. The predicted octanol–water partition coefficient (Wildman–Crippen LogP) is 2.61. The van der Waals surface area contributed by atoms with Crippen molar-refractivity contribution in [2.24, 2.45) is 0 Å². The monoisotopic (exact) mass is 287 g/mol. The van der Waals surface area contributed by atoms with Crippen LogP contribution in [0.2, 0.25) is 0 Å². The lowest BCUT2D eigenvalue weighted by atomic mass is 10.1. The van der Waals surface area contributed by atoms with Gasteiger partial charge in [0.05, 0.1) is 18.9 Å². The lowest BCUT2D eigenvalue weighted by Gasteiger charge is -2.12. The molecule has 0 amide bonds. The van der Waals surface area contributed by atoms with Gasteiger partial charge in [0.2, 0.25) is 0 Å². The summed E-state index contributed by atoms with van der Waals surface area (Å²) in [5.41, 5.74) is 6.46. The van der Waals surface area contributed by atoms with Gasteiger partial charge in [-0.05, 0) is 41.9 Å². The first kappa shape index (κ1) is 12.8. The largest absolute Gasteiger partial charge is 0.492 e. The molecule has 0 unspecified atom stereocenters. The Labute approximate surface area is 103 Å². The Hall–Kier alpha value is -1.23. The van der Waals surface area contributed by atoms with Gasteiger partial charge >= 0.3 is 5.97 Å². The van der Waals surface area contributed by atoms with Crippen LogP contribution in [0.5, 0.6) is 5.75 Å². The van der Waals surface area contributed by atoms with Crippen molar-refractivity contribution >= 4 is 27.6 Å². The van der Waals surface area contributed by atoms with Crippen molar-refractivity contribution in [3.63, 3.8) is 0 Å². The Kier molecular flexibility index (Phi) is 4.61. The van der Waals surface area contributed by atoms with E-state index in [0.717, 1.165) is 0 Å². The average molecular weight is 288 g/mol. The first-order chi connectivity index (χ1) is 7.61. The molecule has 0 radical (unpaired) electrons. The number of carbonyl (C=O) groups excluding carboxylic acids is 1. The van der Waals surface area contributed by atoms with Crippen LogP contribution < -0.4 is 10.5 Å². The normalized spacial score (nSPS) is 9.94. The van der Waals surface area contributed by atoms with E-state index < -0.39 is 5.97 Å². The third-order valence-electron chi connectivity index (χ3n) is 1.93. The van der Waals surface area contributed by atoms with Crippen molar-refractivity contribution in [3.8, 4) is 5.75 Å². The van der Waals surface area contributed by atoms with E-state index in [4.69, 9.17) is 15.2 Å². The molecule has 0 aliphatic heterocycles. The maximum absolute atomic E-state index is 11.7. The van der Waals surface area contributed by atoms with Gasteiger partial charge < -0.3 is 15.2 Å². The SMILES string of the molecule is CCOC(=O)c1c(Br)ccc(OCC)c1N. The molecule has 4 nitrogen and oxygen atoms in total. The summed E-state index contributed by atoms with van der Waals surface area (Å²) in [5.74, 6) is 0.0437. The van der Waals surface area contributed by atoms with Gasteiger partial charge in [-0.15, -0.1) is 0 Å². The van der Waals surface area contributed by atoms with Crippen molar-refractivity contribution in [3.05, 3.63) is 22.2 Å². The molecule has 88 valence electrons. The molecule has 0 aliphatic rings. The maximum atomic E-state index is 11.7. The smallest absolute Gasteiger partial charge is 0.341 e. The summed E-state index contributed by atoms with van der Waals surface area (Å²) < 4.78 is 10.8. The van der Waals surface area contributed by atoms with Crippen LogP contribution in [0.4, 0.5) is 5.69 Å². The van der Waals surface area contributed by atoms with Crippen LogP contribution in [0, 0.1) is 0 Å². The molecule has 0 fully saturated rings. The molecule has 0 saturated carbocycles. The highest BCUT2D eigenvalue weighted by atomic mass is 79.9. The second kappa shape index (κ2) is 5.75. The Morgan fingerprint density at radius 1 is 1.38 bits per heavy atom. The van der Waals surface area contributed by atoms with Gasteiger partial charge in [-0.1, -0.05) is 0 Å². The molecular weight excluding hydrogens is 274 g/mol. The van der Waals surface area contributed by atoms with Crippen LogP contribution in [-0.4, -0.2) is 19.2 Å². The van der Waals surface area contributed by atoms with Gasteiger partial charge in [-0.2, -0.15) is 0 Å². The number of nitrogens with two attached hydrogens (primary N) is 1. The minimum atomic E-state index is -0.451. The molecule has 1 aromatic carbocycles. The van der Waals surface area contributed by atoms with Crippen LogP contribution in [0.15, 0.2) is 16.6 Å². The summed E-state index contributed by atoms with van der Waals surface area (Å²) in [6.07, 6.45) is 0. The number of halogens is 1. The maximum Gasteiger partial charge on any atom is 0.341 e. The zero-order valence-electron chi connectivity index (χ0n) is 9.25. The summed E-state index contributed by atoms with van der Waals surface area (Å²) in [7, 11) is 0. The minimum Gasteiger partial charge on any atom is -0.492 e. The first-order valence-electron chi connectivity index (χ1n) is 4.99. The summed E-state index contributed by atoms with van der Waals surface area (Å²) in [6, 6.07) is 3.43. The second-order valence-electron chi connectivity index (χ2n) is 2.99. The van der Waals surface area contributed by atoms with Gasteiger partial charge in [0.15, 0.2) is 0 Å². The molecular formula is C11H14BrNO3. The highest BCUT2D eigenvalue weighted by Crippen LogP contribution is 2.32. The van der Waals surface area contributed by atoms with Crippen LogP contribution in [0.3, 0.4) is 0 Å². The van der Waals surface area contributed by atoms with E-state index in [-0.39, 0.29) is 0 Å². The molecule has 1 aromatic rings. The van der Waals surface area contributed by atoms with E-state index in [9.17, 15) is 4.79 Å². The number of anilines is 1. The van der Waals surface area contributed by atoms with E-state index in [2.05, 4.69) is 15.9 Å². The fraction of sp³-hybridized carbons (Fsp3) is 0.364. The quantitative estimate of drug-likeness (QED) is 0.683. The van der Waals surface area contributed by atoms with E-state index in [1.165, 1.54) is 0 Å². The first-order valence-corrected chi connectivity index (χ1v) is 5.79. The number of hydrogen-bond donors (Lipinski definition) is 1. The van der Waals surface area contributed by atoms with E-state index in [1.54, 1.807) is 19.1 Å². The van der Waals surface area contributed by atoms with Gasteiger partial charge in [-0.3, -0.25) is 0 Å². The molecule has 0 aromatic heterocycles. The summed E-state index contributed by atoms with van der Waals surface area (Å²) in [5, 5.41) is 0. The molecule has 0 heterocycles. The van der Waals surface area contributed by atoms with Crippen molar-refractivity contribution in [1.29, 1.82) is 0 Å². The number of ether oxygens (including phenoxy) is 2. The van der Waals surface area contributed by atoms with E-state index in [1.807, 2.05) is 6.92 Å². The minimum absolute atomic E-state index is 0.301. The fourth-order valence-electron chi connectivity index (χ4n) is 1.27. The zero-order valence-corrected chi connectivity index (χ0v) is 10.8. The number of benzene rings is 1. The number of hydrogen-bond acceptors (Lipinski definition) is 4. The van der Waals surface area contributed by atoms with Gasteiger partial charge in [-0.25, -0.2) is 4.79 Å². The molecule has 0 atom stereocenters. The molecule has 0 aliphatic carbocycles. The number of esters is 1. The van der Waals surface area contributed by atoms with Crippen LogP contribution in [0.1, 0.15) is 24.2 Å². The van der Waals surface area contributed by atoms with Crippen molar-refractivity contribution in [2.45, 2.75) is 13.8 Å². The molecule has 0 spiro atoms. The molecule has 0 saturated heterocycles. The van der Waals surface area contributed by atoms with Gasteiger partial charge in [0, 0.05) is 4.47 Å². The molecule has 1 rings (SSSR count). The summed E-state index contributed by atoms with van der Waals surface area (Å²) >= 11 is 3.27. The van der Waals surface area contributed by atoms with Crippen LogP contribution in [0.25, 0.3) is 0 Å². The number of rotatable bonds is 4. The molecule has 16 heavy (non-hydrogen) atoms. The predicted molar refractivity (Wildman–Crippen MR) is 65.7 cm³/mol. The van der Waals surface area contributed by atoms with E-state index >= 15 is 0 Å². The Morgan fingerprint density at radius 2 is 2.06 bits per heavy atom. The summed E-state index contributed by atoms with van der Waals surface area (Å²) in [6.45, 7) is 4.40. The fourth-order valence-corrected chi connectivity index (χ4v) is 1.77. The van der Waals surface area contributed by atoms with Crippen molar-refractivity contribution in [1.82, 2.24) is 0 Å². The standard InChI is InChI=1S/C11H14BrNO3/c1-3-15-8-6-5-7(12)9(10(8)13)11(14)16-4-2/h5-6H,3-4,13H2,1-2H3. The second-order valence-corrected chi connectivity index (χ2v) is 3.84. The van der Waals surface area contributed by atoms with Crippen LogP contribution >= 0.6 is 15.9 Å². The van der Waals surface area contributed by atoms with Crippen molar-refractivity contribution in [2.75, 3.05) is 18.9 Å². The van der Waals surface area contributed by atoms with Gasteiger partial charge in [0.1, 0.15) is 11.3 Å². The highest BCUT2D eigenvalue weighted by molar-refractivity contribution is 9.10. The Morgan fingerprint density at radius 3 is 2.62 bits per heavy atom. The lowest BCUT2D eigenvalue weighted by molar-refractivity contribution is 0.0526. The third kappa shape index (κ3) is 2.66. The topological polar surface area (TPSA) is 61.5 Å². The summed E-state index contributed by atoms with van der Waals surface area (Å²) in [4.78, 5) is 11.7. The lowest BCUT2D eigenvalue weighted by Crippen LogP contribution is -2.10. The average Bonchev–Trinajstić information content (AvgIpc) is 2.23. The molecule has 0 bridgehead atoms. The van der Waals surface area contributed by atoms with E-state index in [0.29, 0.717) is 34.7 Å². The zero-order chi connectivity index (χ0) is 12.1. The molecule has 5 heteroatoms. The van der Waals surface area contributed by atoms with Crippen LogP contribution in [-0.2, 0) is 4.74 Å². The Balaban J connectivity index is 3.15. The third-order valence-corrected chi connectivity index (χ3v) is 2.59. The Bertz CT molecular complexity index is 393. The van der Waals surface area contributed by atoms with Crippen molar-refractivity contribution < 1.29 is 14.3 Å². The molecule has 2 N–H and O–H groups in total. The number of carbonyl (C=O) groups is 1. The van der Waals surface area contributed by atoms with Gasteiger partial charge in [0.25, 0.3) is 0 Å².